The molecule has 0 amide bonds. The van der Waals surface area contributed by atoms with E-state index in [1.165, 1.54) is 22.7 Å². The van der Waals surface area contributed by atoms with Crippen LogP contribution in [-0.2, 0) is 18.4 Å². The van der Waals surface area contributed by atoms with E-state index < -0.39 is 28.8 Å². The minimum atomic E-state index is -3.04. The molecule has 0 aromatic heterocycles. The van der Waals surface area contributed by atoms with Crippen molar-refractivity contribution in [1.82, 2.24) is 0 Å². The molecule has 0 saturated heterocycles. The van der Waals surface area contributed by atoms with E-state index in [4.69, 9.17) is 13.6 Å². The third-order valence-electron chi connectivity index (χ3n) is 8.71. The lowest BCUT2D eigenvalue weighted by Gasteiger charge is -2.47. The summed E-state index contributed by atoms with van der Waals surface area (Å²) in [6.07, 6.45) is 1.56. The van der Waals surface area contributed by atoms with Crippen LogP contribution >= 0.6 is 0 Å². The molecule has 228 valence electrons. The largest absolute Gasteiger partial charge is 0.492 e. The van der Waals surface area contributed by atoms with Crippen molar-refractivity contribution < 1.29 is 18.4 Å². The zero-order valence-corrected chi connectivity index (χ0v) is 28.7. The normalized spacial score (nSPS) is 17.7. The Balaban J connectivity index is 1.60. The second kappa shape index (κ2) is 12.8. The van der Waals surface area contributed by atoms with E-state index in [9.17, 15) is 4.79 Å². The van der Waals surface area contributed by atoms with Crippen LogP contribution in [0.25, 0.3) is 0 Å². The predicted molar refractivity (Wildman–Crippen MR) is 185 cm³/mol. The van der Waals surface area contributed by atoms with E-state index in [0.29, 0.717) is 0 Å². The molecule has 0 fully saturated rings. The van der Waals surface area contributed by atoms with Gasteiger partial charge in [0.2, 0.25) is 0 Å². The van der Waals surface area contributed by atoms with Crippen LogP contribution in [0.4, 0.5) is 0 Å². The number of carbonyl (C=O) groups is 1. The van der Waals surface area contributed by atoms with Gasteiger partial charge < -0.3 is 13.6 Å². The molecule has 2 atom stereocenters. The third kappa shape index (κ3) is 5.92. The molecule has 1 aliphatic heterocycles. The van der Waals surface area contributed by atoms with Crippen LogP contribution in [0.15, 0.2) is 134 Å². The Morgan fingerprint density at radius 2 is 0.955 bits per heavy atom. The molecule has 5 rings (SSSR count). The summed E-state index contributed by atoms with van der Waals surface area (Å²) in [5, 5.41) is 4.10. The van der Waals surface area contributed by atoms with Crippen molar-refractivity contribution >= 4 is 43.2 Å². The molecule has 0 aliphatic carbocycles. The monoisotopic (exact) mass is 620 g/mol. The molecule has 0 saturated carbocycles. The van der Waals surface area contributed by atoms with E-state index in [2.05, 4.69) is 139 Å². The van der Waals surface area contributed by atoms with E-state index in [1.807, 2.05) is 24.3 Å². The number of benzene rings is 4. The van der Waals surface area contributed by atoms with E-state index in [-0.39, 0.29) is 22.5 Å². The highest BCUT2D eigenvalue weighted by Crippen LogP contribution is 2.40. The molecule has 0 spiro atoms. The molecule has 1 aliphatic rings. The SMILES string of the molecule is CC(C)(C)[Si](OC[C@H]1OC=CC(=O)[C@@H]1O[Si](c1ccccc1)(c1ccccc1)C(C)(C)C)(c1ccccc1)c1ccccc1. The first-order valence-corrected chi connectivity index (χ1v) is 19.2. The smallest absolute Gasteiger partial charge is 0.262 e. The molecule has 4 nitrogen and oxygen atoms in total. The molecule has 0 radical (unpaired) electrons. The Kier molecular flexibility index (Phi) is 9.28. The van der Waals surface area contributed by atoms with Gasteiger partial charge in [0.05, 0.1) is 12.9 Å². The minimum Gasteiger partial charge on any atom is -0.492 e. The lowest BCUT2D eigenvalue weighted by atomic mass is 10.1. The second-order valence-corrected chi connectivity index (χ2v) is 22.1. The summed E-state index contributed by atoms with van der Waals surface area (Å²) in [4.78, 5) is 13.8. The summed E-state index contributed by atoms with van der Waals surface area (Å²) in [6.45, 7) is 13.6. The van der Waals surface area contributed by atoms with Crippen LogP contribution in [-0.4, -0.2) is 41.2 Å². The number of carbonyl (C=O) groups excluding carboxylic acids is 1. The van der Waals surface area contributed by atoms with Crippen LogP contribution in [0.5, 0.6) is 0 Å². The molecule has 4 aromatic carbocycles. The Hall–Kier alpha value is -3.56. The summed E-state index contributed by atoms with van der Waals surface area (Å²) in [5.74, 6) is -0.0970. The Morgan fingerprint density at radius 3 is 1.32 bits per heavy atom. The van der Waals surface area contributed by atoms with Gasteiger partial charge in [0.15, 0.2) is 11.9 Å². The predicted octanol–water partition coefficient (Wildman–Crippen LogP) is 5.99. The maximum absolute atomic E-state index is 13.8. The Labute approximate surface area is 265 Å². The highest BCUT2D eigenvalue weighted by Gasteiger charge is 2.55. The van der Waals surface area contributed by atoms with E-state index >= 15 is 0 Å². The summed E-state index contributed by atoms with van der Waals surface area (Å²) in [6, 6.07) is 41.9. The molecule has 1 heterocycles. The van der Waals surface area contributed by atoms with Gasteiger partial charge in [-0.1, -0.05) is 163 Å². The fourth-order valence-corrected chi connectivity index (χ4v) is 15.9. The summed E-state index contributed by atoms with van der Waals surface area (Å²) >= 11 is 0. The van der Waals surface area contributed by atoms with Crippen molar-refractivity contribution in [1.29, 1.82) is 0 Å². The van der Waals surface area contributed by atoms with Gasteiger partial charge in [-0.3, -0.25) is 4.79 Å². The average molecular weight is 621 g/mol. The highest BCUT2D eigenvalue weighted by molar-refractivity contribution is 7.00. The van der Waals surface area contributed by atoms with Gasteiger partial charge in [0.25, 0.3) is 16.6 Å². The first-order chi connectivity index (χ1) is 21.0. The minimum absolute atomic E-state index is 0.0970. The molecular weight excluding hydrogens is 577 g/mol. The van der Waals surface area contributed by atoms with Crippen LogP contribution in [0.1, 0.15) is 41.5 Å². The molecule has 44 heavy (non-hydrogen) atoms. The van der Waals surface area contributed by atoms with Gasteiger partial charge in [-0.2, -0.15) is 0 Å². The van der Waals surface area contributed by atoms with Crippen molar-refractivity contribution in [2.75, 3.05) is 6.61 Å². The summed E-state index contributed by atoms with van der Waals surface area (Å²) < 4.78 is 20.9. The lowest BCUT2D eigenvalue weighted by Crippen LogP contribution is -2.70. The molecule has 0 bridgehead atoms. The lowest BCUT2D eigenvalue weighted by molar-refractivity contribution is -0.130. The van der Waals surface area contributed by atoms with Crippen molar-refractivity contribution in [2.24, 2.45) is 0 Å². The molecule has 0 N–H and O–H groups in total. The van der Waals surface area contributed by atoms with E-state index in [1.54, 1.807) is 0 Å². The van der Waals surface area contributed by atoms with Gasteiger partial charge in [-0.15, -0.1) is 0 Å². The first kappa shape index (κ1) is 31.9. The van der Waals surface area contributed by atoms with Gasteiger partial charge >= 0.3 is 0 Å². The topological polar surface area (TPSA) is 44.8 Å². The van der Waals surface area contributed by atoms with Crippen LogP contribution in [0, 0.1) is 0 Å². The van der Waals surface area contributed by atoms with Gasteiger partial charge in [0.1, 0.15) is 6.10 Å². The number of ether oxygens (including phenoxy) is 1. The van der Waals surface area contributed by atoms with Crippen LogP contribution in [0.3, 0.4) is 0 Å². The fourth-order valence-electron chi connectivity index (χ4n) is 6.67. The van der Waals surface area contributed by atoms with E-state index in [0.717, 1.165) is 10.4 Å². The van der Waals surface area contributed by atoms with Gasteiger partial charge in [0, 0.05) is 6.08 Å². The summed E-state index contributed by atoms with van der Waals surface area (Å²) in [7, 11) is -5.91. The Bertz CT molecular complexity index is 1460. The number of rotatable bonds is 9. The maximum atomic E-state index is 13.8. The fraction of sp³-hybridized carbons (Fsp3) is 0.289. The van der Waals surface area contributed by atoms with Crippen molar-refractivity contribution in [3.8, 4) is 0 Å². The van der Waals surface area contributed by atoms with Crippen molar-refractivity contribution in [2.45, 2.75) is 63.8 Å². The number of hydrogen-bond donors (Lipinski definition) is 0. The van der Waals surface area contributed by atoms with Crippen molar-refractivity contribution in [3.63, 3.8) is 0 Å². The highest BCUT2D eigenvalue weighted by atomic mass is 28.4. The van der Waals surface area contributed by atoms with Crippen molar-refractivity contribution in [3.05, 3.63) is 134 Å². The first-order valence-electron chi connectivity index (χ1n) is 15.4. The molecule has 6 heteroatoms. The van der Waals surface area contributed by atoms with Crippen LogP contribution in [0.2, 0.25) is 10.1 Å². The quantitative estimate of drug-likeness (QED) is 0.216. The maximum Gasteiger partial charge on any atom is 0.262 e. The number of hydrogen-bond acceptors (Lipinski definition) is 4. The zero-order valence-electron chi connectivity index (χ0n) is 26.7. The number of ketones is 1. The average Bonchev–Trinajstić information content (AvgIpc) is 3.02. The standard InChI is InChI=1S/C38H44O4Si2/c1-37(2,3)43(30-19-11-7-12-20-30,31-21-13-8-14-22-31)41-29-35-36(34(39)27-28-40-35)42-44(38(4,5)6,32-23-15-9-16-24-32)33-25-17-10-18-26-33/h7-28,35-36H,29H2,1-6H3/t35-,36+/m1/s1. The third-order valence-corrected chi connectivity index (χ3v) is 18.7. The molecule has 4 aromatic rings. The summed E-state index contributed by atoms with van der Waals surface area (Å²) in [5.41, 5.74) is 0. The zero-order chi connectivity index (χ0) is 31.4. The Morgan fingerprint density at radius 1 is 0.591 bits per heavy atom. The van der Waals surface area contributed by atoms with Gasteiger partial charge in [-0.05, 0) is 30.8 Å². The van der Waals surface area contributed by atoms with Crippen LogP contribution < -0.4 is 20.7 Å². The van der Waals surface area contributed by atoms with Gasteiger partial charge in [-0.25, -0.2) is 0 Å². The molecule has 0 unspecified atom stereocenters. The molecular formula is C38H44O4Si2. The second-order valence-electron chi connectivity index (χ2n) is 13.6.